The van der Waals surface area contributed by atoms with Gasteiger partial charge in [0.1, 0.15) is 0 Å². The van der Waals surface area contributed by atoms with Crippen molar-refractivity contribution >= 4 is 29.1 Å². The number of carbonyl (C=O) groups excluding carboxylic acids is 1. The maximum atomic E-state index is 12.2. The molecular weight excluding hydrogens is 259 g/mol. The van der Waals surface area contributed by atoms with Crippen LogP contribution < -0.4 is 4.90 Å². The lowest BCUT2D eigenvalue weighted by Crippen LogP contribution is -3.12. The number of hydrogen-bond donors (Lipinski definition) is 1. The maximum absolute atomic E-state index is 12.2. The zero-order chi connectivity index (χ0) is 12.4. The molecule has 0 bridgehead atoms. The molecule has 0 unspecified atom stereocenters. The highest BCUT2D eigenvalue weighted by Gasteiger charge is 2.23. The standard InChI is InChI=1S/C12H14Cl2N2O/c1-15-4-6-16(7-5-15)12(17)10-3-2-9(13)8-11(10)14/h2-3,8H,4-7H2,1H3/p+1. The van der Waals surface area contributed by atoms with E-state index in [0.717, 1.165) is 26.2 Å². The smallest absolute Gasteiger partial charge is 0.255 e. The molecule has 0 atom stereocenters. The predicted octanol–water partition coefficient (Wildman–Crippen LogP) is 0.964. The number of amides is 1. The molecule has 0 aliphatic carbocycles. The molecule has 1 aliphatic rings. The van der Waals surface area contributed by atoms with Crippen LogP contribution in [0, 0.1) is 0 Å². The molecule has 0 saturated carbocycles. The van der Waals surface area contributed by atoms with Crippen LogP contribution in [0.15, 0.2) is 18.2 Å². The van der Waals surface area contributed by atoms with Gasteiger partial charge in [-0.2, -0.15) is 0 Å². The highest BCUT2D eigenvalue weighted by atomic mass is 35.5. The fourth-order valence-electron chi connectivity index (χ4n) is 1.92. The van der Waals surface area contributed by atoms with Crippen LogP contribution in [0.3, 0.4) is 0 Å². The average Bonchev–Trinajstić information content (AvgIpc) is 2.29. The minimum absolute atomic E-state index is 0.000772. The lowest BCUT2D eigenvalue weighted by Gasteiger charge is -2.30. The molecule has 1 amide bonds. The van der Waals surface area contributed by atoms with E-state index in [1.807, 2.05) is 4.90 Å². The van der Waals surface area contributed by atoms with E-state index in [4.69, 9.17) is 23.2 Å². The first-order valence-electron chi connectivity index (χ1n) is 5.63. The topological polar surface area (TPSA) is 24.8 Å². The molecule has 1 heterocycles. The van der Waals surface area contributed by atoms with Crippen LogP contribution in [0.2, 0.25) is 10.0 Å². The van der Waals surface area contributed by atoms with Gasteiger partial charge in [0, 0.05) is 5.02 Å². The van der Waals surface area contributed by atoms with Gasteiger partial charge in [-0.25, -0.2) is 0 Å². The number of quaternary nitrogens is 1. The zero-order valence-corrected chi connectivity index (χ0v) is 11.2. The number of benzene rings is 1. The molecule has 17 heavy (non-hydrogen) atoms. The molecule has 1 aromatic carbocycles. The van der Waals surface area contributed by atoms with Gasteiger partial charge in [0.25, 0.3) is 5.91 Å². The Morgan fingerprint density at radius 3 is 2.53 bits per heavy atom. The van der Waals surface area contributed by atoms with Crippen LogP contribution in [-0.2, 0) is 0 Å². The van der Waals surface area contributed by atoms with Gasteiger partial charge in [-0.3, -0.25) is 4.79 Å². The third kappa shape index (κ3) is 2.92. The minimum atomic E-state index is -0.000772. The highest BCUT2D eigenvalue weighted by Crippen LogP contribution is 2.22. The van der Waals surface area contributed by atoms with E-state index in [2.05, 4.69) is 7.05 Å². The second-order valence-electron chi connectivity index (χ2n) is 4.37. The van der Waals surface area contributed by atoms with Crippen LogP contribution in [0.25, 0.3) is 0 Å². The Morgan fingerprint density at radius 2 is 1.94 bits per heavy atom. The van der Waals surface area contributed by atoms with E-state index in [9.17, 15) is 4.79 Å². The molecule has 2 rings (SSSR count). The van der Waals surface area contributed by atoms with Crippen molar-refractivity contribution in [3.63, 3.8) is 0 Å². The van der Waals surface area contributed by atoms with Crippen molar-refractivity contribution in [2.45, 2.75) is 0 Å². The van der Waals surface area contributed by atoms with E-state index in [0.29, 0.717) is 15.6 Å². The molecule has 0 spiro atoms. The van der Waals surface area contributed by atoms with E-state index in [1.165, 1.54) is 4.90 Å². The summed E-state index contributed by atoms with van der Waals surface area (Å²) in [5.41, 5.74) is 0.538. The van der Waals surface area contributed by atoms with Gasteiger partial charge in [0.05, 0.1) is 43.8 Å². The molecule has 0 aromatic heterocycles. The second kappa shape index (κ2) is 5.25. The van der Waals surface area contributed by atoms with Gasteiger partial charge in [0.15, 0.2) is 0 Å². The fourth-order valence-corrected chi connectivity index (χ4v) is 2.41. The van der Waals surface area contributed by atoms with E-state index in [1.54, 1.807) is 18.2 Å². The number of piperazine rings is 1. The first-order valence-corrected chi connectivity index (χ1v) is 6.39. The van der Waals surface area contributed by atoms with Crippen LogP contribution in [0.5, 0.6) is 0 Å². The second-order valence-corrected chi connectivity index (χ2v) is 5.22. The average molecular weight is 274 g/mol. The summed E-state index contributed by atoms with van der Waals surface area (Å²) in [5, 5.41) is 0.975. The molecule has 1 saturated heterocycles. The van der Waals surface area contributed by atoms with Crippen molar-refractivity contribution in [1.82, 2.24) is 4.90 Å². The molecule has 5 heteroatoms. The summed E-state index contributed by atoms with van der Waals surface area (Å²) in [6.45, 7) is 3.53. The minimum Gasteiger partial charge on any atom is -0.334 e. The van der Waals surface area contributed by atoms with E-state index < -0.39 is 0 Å². The number of nitrogens with zero attached hydrogens (tertiary/aromatic N) is 1. The molecular formula is C12H15Cl2N2O+. The number of rotatable bonds is 1. The number of nitrogens with one attached hydrogen (secondary N) is 1. The molecule has 1 N–H and O–H groups in total. The predicted molar refractivity (Wildman–Crippen MR) is 69.0 cm³/mol. The summed E-state index contributed by atoms with van der Waals surface area (Å²) in [4.78, 5) is 15.5. The van der Waals surface area contributed by atoms with Crippen LogP contribution in [0.4, 0.5) is 0 Å². The molecule has 0 radical (unpaired) electrons. The van der Waals surface area contributed by atoms with Crippen molar-refractivity contribution in [1.29, 1.82) is 0 Å². The molecule has 1 aliphatic heterocycles. The summed E-state index contributed by atoms with van der Waals surface area (Å²) in [6.07, 6.45) is 0. The fraction of sp³-hybridized carbons (Fsp3) is 0.417. The van der Waals surface area contributed by atoms with Crippen LogP contribution >= 0.6 is 23.2 Å². The zero-order valence-electron chi connectivity index (χ0n) is 9.67. The van der Waals surface area contributed by atoms with Gasteiger partial charge >= 0.3 is 0 Å². The Balaban J connectivity index is 2.14. The Kier molecular flexibility index (Phi) is 3.92. The van der Waals surface area contributed by atoms with Crippen molar-refractivity contribution in [2.24, 2.45) is 0 Å². The van der Waals surface area contributed by atoms with Crippen LogP contribution in [0.1, 0.15) is 10.4 Å². The molecule has 1 fully saturated rings. The van der Waals surface area contributed by atoms with Gasteiger partial charge in [0.2, 0.25) is 0 Å². The van der Waals surface area contributed by atoms with Crippen molar-refractivity contribution < 1.29 is 9.69 Å². The normalized spacial score (nSPS) is 17.2. The van der Waals surface area contributed by atoms with Gasteiger partial charge in [-0.05, 0) is 18.2 Å². The van der Waals surface area contributed by atoms with Gasteiger partial charge in [-0.15, -0.1) is 0 Å². The number of carbonyl (C=O) groups is 1. The van der Waals surface area contributed by atoms with Gasteiger partial charge < -0.3 is 9.80 Å². The lowest BCUT2D eigenvalue weighted by molar-refractivity contribution is -0.883. The SMILES string of the molecule is C[NH+]1CCN(C(=O)c2ccc(Cl)cc2Cl)CC1. The van der Waals surface area contributed by atoms with E-state index in [-0.39, 0.29) is 5.91 Å². The van der Waals surface area contributed by atoms with E-state index >= 15 is 0 Å². The number of likely N-dealkylation sites (N-methyl/N-ethyl adjacent to an activating group) is 1. The van der Waals surface area contributed by atoms with Crippen molar-refractivity contribution in [2.75, 3.05) is 33.2 Å². The first-order chi connectivity index (χ1) is 8.08. The maximum Gasteiger partial charge on any atom is 0.255 e. The lowest BCUT2D eigenvalue weighted by atomic mass is 10.2. The monoisotopic (exact) mass is 273 g/mol. The summed E-state index contributed by atoms with van der Waals surface area (Å²) in [6, 6.07) is 5.00. The highest BCUT2D eigenvalue weighted by molar-refractivity contribution is 6.36. The summed E-state index contributed by atoms with van der Waals surface area (Å²) < 4.78 is 0. The van der Waals surface area contributed by atoms with Crippen molar-refractivity contribution in [3.05, 3.63) is 33.8 Å². The Morgan fingerprint density at radius 1 is 1.29 bits per heavy atom. The number of halogens is 2. The number of hydrogen-bond acceptors (Lipinski definition) is 1. The summed E-state index contributed by atoms with van der Waals surface area (Å²) >= 11 is 11.8. The quantitative estimate of drug-likeness (QED) is 0.810. The molecule has 3 nitrogen and oxygen atoms in total. The summed E-state index contributed by atoms with van der Waals surface area (Å²) in [5.74, 6) is -0.000772. The van der Waals surface area contributed by atoms with Gasteiger partial charge in [-0.1, -0.05) is 23.2 Å². The first kappa shape index (κ1) is 12.7. The molecule has 92 valence electrons. The van der Waals surface area contributed by atoms with Crippen LogP contribution in [-0.4, -0.2) is 44.0 Å². The molecule has 1 aromatic rings. The third-order valence-electron chi connectivity index (χ3n) is 3.07. The summed E-state index contributed by atoms with van der Waals surface area (Å²) in [7, 11) is 2.14. The Labute approximate surface area is 111 Å². The Hall–Kier alpha value is -0.770. The van der Waals surface area contributed by atoms with Crippen molar-refractivity contribution in [3.8, 4) is 0 Å². The largest absolute Gasteiger partial charge is 0.334 e. The third-order valence-corrected chi connectivity index (χ3v) is 3.61. The Bertz CT molecular complexity index is 429.